The minimum Gasteiger partial charge on any atom is -0.506 e. The van der Waals surface area contributed by atoms with E-state index in [1.807, 2.05) is 11.0 Å². The number of H-pyrrole nitrogens is 1. The van der Waals surface area contributed by atoms with Crippen molar-refractivity contribution in [1.29, 1.82) is 0 Å². The third-order valence-corrected chi connectivity index (χ3v) is 10.4. The van der Waals surface area contributed by atoms with Crippen molar-refractivity contribution < 1.29 is 24.6 Å². The van der Waals surface area contributed by atoms with Gasteiger partial charge in [-0.15, -0.1) is 11.8 Å². The molecule has 1 atom stereocenters. The Morgan fingerprint density at radius 3 is 2.41 bits per heavy atom. The van der Waals surface area contributed by atoms with Gasteiger partial charge in [0.05, 0.1) is 10.5 Å². The molecule has 1 aromatic carbocycles. The molecule has 3 heterocycles. The molecular weight excluding hydrogens is 578 g/mol. The number of nitrogens with zero attached hydrogens (tertiary/aromatic N) is 3. The van der Waals surface area contributed by atoms with E-state index in [9.17, 15) is 24.6 Å². The molecule has 1 unspecified atom stereocenters. The molecule has 240 valence electrons. The molecule has 1 saturated heterocycles. The highest BCUT2D eigenvalue weighted by Gasteiger charge is 2.31. The lowest BCUT2D eigenvalue weighted by molar-refractivity contribution is -0.138. The second-order valence-electron chi connectivity index (χ2n) is 12.3. The Morgan fingerprint density at radius 1 is 1.05 bits per heavy atom. The fraction of sp³-hybridized carbons (Fsp3) is 0.606. The molecular formula is C33H47N5O5S. The zero-order valence-electron chi connectivity index (χ0n) is 26.0. The van der Waals surface area contributed by atoms with Gasteiger partial charge in [-0.25, -0.2) is 0 Å². The third kappa shape index (κ3) is 7.26. The minimum absolute atomic E-state index is 0.182. The van der Waals surface area contributed by atoms with E-state index in [0.717, 1.165) is 73.0 Å². The summed E-state index contributed by atoms with van der Waals surface area (Å²) in [5.41, 5.74) is 3.09. The Labute approximate surface area is 264 Å². The van der Waals surface area contributed by atoms with Gasteiger partial charge in [-0.3, -0.25) is 24.6 Å². The van der Waals surface area contributed by atoms with E-state index < -0.39 is 6.23 Å². The molecule has 1 aromatic heterocycles. The number of aromatic amines is 1. The van der Waals surface area contributed by atoms with Crippen molar-refractivity contribution in [1.82, 2.24) is 20.1 Å². The van der Waals surface area contributed by atoms with Gasteiger partial charge in [-0.05, 0) is 87.3 Å². The number of benzene rings is 1. The van der Waals surface area contributed by atoms with Crippen molar-refractivity contribution in [3.8, 4) is 5.75 Å². The number of imide groups is 1. The van der Waals surface area contributed by atoms with Crippen LogP contribution in [0.25, 0.3) is 10.9 Å². The Kier molecular flexibility index (Phi) is 10.9. The number of anilines is 1. The summed E-state index contributed by atoms with van der Waals surface area (Å²) < 4.78 is 0. The van der Waals surface area contributed by atoms with Gasteiger partial charge in [0, 0.05) is 56.7 Å². The number of aliphatic hydroxyl groups excluding tert-OH is 1. The number of fused-ring (bicyclic) bond motifs is 1. The van der Waals surface area contributed by atoms with Gasteiger partial charge >= 0.3 is 0 Å². The van der Waals surface area contributed by atoms with Gasteiger partial charge in [0.2, 0.25) is 5.91 Å². The highest BCUT2D eigenvalue weighted by Crippen LogP contribution is 2.40. The van der Waals surface area contributed by atoms with Gasteiger partial charge < -0.3 is 25.0 Å². The summed E-state index contributed by atoms with van der Waals surface area (Å²) in [7, 11) is 0. The highest BCUT2D eigenvalue weighted by atomic mass is 32.2. The first-order valence-corrected chi connectivity index (χ1v) is 17.4. The minimum atomic E-state index is -0.553. The SMILES string of the molecule is CCc1c(SC)[nH]c2c(N3CCN(C(=O)CCCCCNC(O)C4CCC(CN5C(=O)C=CC5=O)CC4)CC3)c(O)ccc12. The van der Waals surface area contributed by atoms with Crippen molar-refractivity contribution in [3.63, 3.8) is 0 Å². The standard InChI is InChI=1S/C33H47N5O5S/c1-3-24-25-12-13-26(39)31(30(25)35-33(24)44-2)37-19-17-36(18-20-37)27(40)7-5-4-6-16-34-32(43)23-10-8-22(9-11-23)21-38-28(41)14-15-29(38)42/h12-15,22-23,32,34-35,39,43H,3-11,16-21H2,1-2H3. The number of phenols is 1. The van der Waals surface area contributed by atoms with E-state index in [1.54, 1.807) is 17.8 Å². The number of rotatable bonds is 13. The van der Waals surface area contributed by atoms with E-state index in [0.29, 0.717) is 51.6 Å². The smallest absolute Gasteiger partial charge is 0.253 e. The average molecular weight is 626 g/mol. The van der Waals surface area contributed by atoms with Crippen molar-refractivity contribution in [2.24, 2.45) is 11.8 Å². The van der Waals surface area contributed by atoms with Gasteiger partial charge in [0.1, 0.15) is 17.7 Å². The molecule has 0 spiro atoms. The largest absolute Gasteiger partial charge is 0.506 e. The predicted octanol–water partition coefficient (Wildman–Crippen LogP) is 4.01. The fourth-order valence-electron chi connectivity index (χ4n) is 7.00. The number of hydrogen-bond donors (Lipinski definition) is 4. The van der Waals surface area contributed by atoms with Gasteiger partial charge in [0.15, 0.2) is 0 Å². The summed E-state index contributed by atoms with van der Waals surface area (Å²) in [6.45, 7) is 5.99. The Balaban J connectivity index is 0.969. The van der Waals surface area contributed by atoms with Crippen molar-refractivity contribution >= 4 is 46.1 Å². The number of carbonyl (C=O) groups is 3. The number of amides is 3. The van der Waals surface area contributed by atoms with Crippen LogP contribution in [-0.2, 0) is 20.8 Å². The average Bonchev–Trinajstić information content (AvgIpc) is 3.57. The van der Waals surface area contributed by atoms with Crippen LogP contribution >= 0.6 is 11.8 Å². The molecule has 0 bridgehead atoms. The first-order valence-electron chi connectivity index (χ1n) is 16.2. The number of aryl methyl sites for hydroxylation is 1. The van der Waals surface area contributed by atoms with E-state index >= 15 is 0 Å². The van der Waals surface area contributed by atoms with Crippen LogP contribution in [0.5, 0.6) is 5.75 Å². The number of piperazine rings is 1. The monoisotopic (exact) mass is 625 g/mol. The van der Waals surface area contributed by atoms with E-state index in [2.05, 4.69) is 28.4 Å². The molecule has 1 aliphatic carbocycles. The van der Waals surface area contributed by atoms with Crippen LogP contribution in [0.15, 0.2) is 29.3 Å². The maximum Gasteiger partial charge on any atom is 0.253 e. The first-order chi connectivity index (χ1) is 21.3. The summed E-state index contributed by atoms with van der Waals surface area (Å²) in [4.78, 5) is 45.5. The summed E-state index contributed by atoms with van der Waals surface area (Å²) in [5.74, 6) is 0.492. The quantitative estimate of drug-likeness (QED) is 0.114. The fourth-order valence-corrected chi connectivity index (χ4v) is 7.71. The normalized spacial score (nSPS) is 21.6. The molecule has 3 amide bonds. The van der Waals surface area contributed by atoms with E-state index in [1.165, 1.54) is 22.6 Å². The zero-order valence-corrected chi connectivity index (χ0v) is 26.8. The lowest BCUT2D eigenvalue weighted by Crippen LogP contribution is -2.48. The molecule has 44 heavy (non-hydrogen) atoms. The number of phenolic OH excluding ortho intramolecular Hbond substituents is 1. The topological polar surface area (TPSA) is 129 Å². The Hall–Kier alpha value is -3.02. The van der Waals surface area contributed by atoms with E-state index in [4.69, 9.17) is 0 Å². The molecule has 11 heteroatoms. The van der Waals surface area contributed by atoms with Gasteiger partial charge in [0.25, 0.3) is 11.8 Å². The maximum absolute atomic E-state index is 12.9. The Morgan fingerprint density at radius 2 is 1.75 bits per heavy atom. The lowest BCUT2D eigenvalue weighted by Gasteiger charge is -2.36. The second kappa shape index (κ2) is 14.8. The number of unbranched alkanes of at least 4 members (excludes halogenated alkanes) is 2. The van der Waals surface area contributed by atoms with Crippen LogP contribution in [0.2, 0.25) is 0 Å². The number of carbonyl (C=O) groups excluding carboxylic acids is 3. The van der Waals surface area contributed by atoms with Crippen LogP contribution in [0.3, 0.4) is 0 Å². The highest BCUT2D eigenvalue weighted by molar-refractivity contribution is 7.98. The molecule has 2 fully saturated rings. The molecule has 4 N–H and O–H groups in total. The zero-order chi connectivity index (χ0) is 31.2. The summed E-state index contributed by atoms with van der Waals surface area (Å²) in [6.07, 6.45) is 11.8. The molecule has 2 aliphatic heterocycles. The molecule has 2 aromatic rings. The summed E-state index contributed by atoms with van der Waals surface area (Å²) >= 11 is 1.69. The van der Waals surface area contributed by atoms with Gasteiger partial charge in [-0.2, -0.15) is 0 Å². The van der Waals surface area contributed by atoms with Crippen molar-refractivity contribution in [2.75, 3.05) is 50.4 Å². The number of nitrogens with one attached hydrogen (secondary N) is 2. The Bertz CT molecular complexity index is 1340. The van der Waals surface area contributed by atoms with Crippen molar-refractivity contribution in [3.05, 3.63) is 29.8 Å². The number of thioether (sulfide) groups is 1. The van der Waals surface area contributed by atoms with Crippen molar-refractivity contribution in [2.45, 2.75) is 76.0 Å². The van der Waals surface area contributed by atoms with Crippen LogP contribution in [0.4, 0.5) is 5.69 Å². The number of aromatic hydroxyl groups is 1. The number of aliphatic hydroxyl groups is 1. The molecule has 5 rings (SSSR count). The van der Waals surface area contributed by atoms with Crippen LogP contribution in [0, 0.1) is 11.8 Å². The third-order valence-electron chi connectivity index (χ3n) is 9.60. The lowest BCUT2D eigenvalue weighted by atomic mass is 9.81. The first kappa shape index (κ1) is 32.4. The molecule has 3 aliphatic rings. The number of aromatic nitrogens is 1. The van der Waals surface area contributed by atoms with E-state index in [-0.39, 0.29) is 29.4 Å². The van der Waals surface area contributed by atoms with Crippen LogP contribution in [0.1, 0.15) is 63.9 Å². The second-order valence-corrected chi connectivity index (χ2v) is 13.1. The van der Waals surface area contributed by atoms with Crippen LogP contribution < -0.4 is 10.2 Å². The predicted molar refractivity (Wildman–Crippen MR) is 174 cm³/mol. The number of hydrogen-bond acceptors (Lipinski definition) is 8. The molecule has 10 nitrogen and oxygen atoms in total. The summed E-state index contributed by atoms with van der Waals surface area (Å²) in [5, 5.41) is 26.9. The molecule has 1 saturated carbocycles. The maximum atomic E-state index is 12.9. The van der Waals surface area contributed by atoms with Gasteiger partial charge in [-0.1, -0.05) is 13.3 Å². The summed E-state index contributed by atoms with van der Waals surface area (Å²) in [6, 6.07) is 3.78. The van der Waals surface area contributed by atoms with Crippen LogP contribution in [-0.4, -0.2) is 94.5 Å². The molecule has 0 radical (unpaired) electrons.